The topological polar surface area (TPSA) is 74.4 Å². The van der Waals surface area contributed by atoms with Gasteiger partial charge in [0, 0.05) is 5.56 Å². The maximum absolute atomic E-state index is 12.7. The van der Waals surface area contributed by atoms with Gasteiger partial charge in [-0.05, 0) is 0 Å². The van der Waals surface area contributed by atoms with E-state index in [1.807, 2.05) is 0 Å². The van der Waals surface area contributed by atoms with Gasteiger partial charge in [0.1, 0.15) is 5.69 Å². The van der Waals surface area contributed by atoms with Crippen molar-refractivity contribution in [2.75, 3.05) is 20.0 Å². The fourth-order valence-electron chi connectivity index (χ4n) is 1.32. The van der Waals surface area contributed by atoms with Gasteiger partial charge in [0.15, 0.2) is 5.75 Å². The van der Waals surface area contributed by atoms with Crippen LogP contribution in [0.15, 0.2) is 6.20 Å². The molecule has 0 bridgehead atoms. The number of hydrogen-bond donors (Lipinski definition) is 1. The zero-order valence-corrected chi connectivity index (χ0v) is 9.37. The summed E-state index contributed by atoms with van der Waals surface area (Å²) in [4.78, 5) is 14.7. The van der Waals surface area contributed by atoms with Crippen molar-refractivity contribution in [2.24, 2.45) is 0 Å². The van der Waals surface area contributed by atoms with Crippen LogP contribution in [0, 0.1) is 0 Å². The number of carbonyl (C=O) groups excluding carboxylic acids is 1. The SMILES string of the molecule is COC(=O)Cc1c(C(F)F)ncc(OC)c1N. The average molecular weight is 246 g/mol. The number of nitrogen functional groups attached to an aromatic ring is 1. The molecule has 0 aliphatic rings. The van der Waals surface area contributed by atoms with Crippen LogP contribution in [0.25, 0.3) is 0 Å². The molecule has 0 aromatic carbocycles. The van der Waals surface area contributed by atoms with Crippen molar-refractivity contribution in [1.82, 2.24) is 4.98 Å². The maximum Gasteiger partial charge on any atom is 0.310 e. The third kappa shape index (κ3) is 2.80. The van der Waals surface area contributed by atoms with Crippen LogP contribution in [0.2, 0.25) is 0 Å². The second-order valence-corrected chi connectivity index (χ2v) is 3.16. The van der Waals surface area contributed by atoms with E-state index in [-0.39, 0.29) is 23.4 Å². The molecule has 1 heterocycles. The molecular weight excluding hydrogens is 234 g/mol. The molecule has 1 rings (SSSR count). The summed E-state index contributed by atoms with van der Waals surface area (Å²) in [5.74, 6) is -0.526. The summed E-state index contributed by atoms with van der Waals surface area (Å²) < 4.78 is 34.6. The average Bonchev–Trinajstić information content (AvgIpc) is 2.30. The summed E-state index contributed by atoms with van der Waals surface area (Å²) in [6.45, 7) is 0. The first-order chi connectivity index (χ1) is 8.01. The van der Waals surface area contributed by atoms with Crippen molar-refractivity contribution in [1.29, 1.82) is 0 Å². The van der Waals surface area contributed by atoms with E-state index < -0.39 is 18.1 Å². The number of carbonyl (C=O) groups is 1. The molecule has 1 aromatic rings. The zero-order chi connectivity index (χ0) is 13.0. The highest BCUT2D eigenvalue weighted by atomic mass is 19.3. The normalized spacial score (nSPS) is 10.4. The lowest BCUT2D eigenvalue weighted by Crippen LogP contribution is -2.12. The fraction of sp³-hybridized carbons (Fsp3) is 0.400. The summed E-state index contributed by atoms with van der Waals surface area (Å²) >= 11 is 0. The third-order valence-electron chi connectivity index (χ3n) is 2.20. The quantitative estimate of drug-likeness (QED) is 0.811. The first-order valence-electron chi connectivity index (χ1n) is 4.67. The molecule has 0 fully saturated rings. The Hall–Kier alpha value is -1.92. The molecule has 0 atom stereocenters. The third-order valence-corrected chi connectivity index (χ3v) is 2.20. The molecule has 17 heavy (non-hydrogen) atoms. The van der Waals surface area contributed by atoms with E-state index >= 15 is 0 Å². The largest absolute Gasteiger partial charge is 0.493 e. The van der Waals surface area contributed by atoms with Gasteiger partial charge in [-0.3, -0.25) is 9.78 Å². The van der Waals surface area contributed by atoms with Crippen molar-refractivity contribution >= 4 is 11.7 Å². The van der Waals surface area contributed by atoms with Crippen LogP contribution in [-0.2, 0) is 16.0 Å². The van der Waals surface area contributed by atoms with Gasteiger partial charge < -0.3 is 15.2 Å². The molecule has 0 aliphatic heterocycles. The molecule has 0 spiro atoms. The van der Waals surface area contributed by atoms with Crippen molar-refractivity contribution in [2.45, 2.75) is 12.8 Å². The Labute approximate surface area is 96.5 Å². The van der Waals surface area contributed by atoms with E-state index in [1.165, 1.54) is 7.11 Å². The van der Waals surface area contributed by atoms with E-state index in [0.717, 1.165) is 13.3 Å². The Balaban J connectivity index is 3.24. The van der Waals surface area contributed by atoms with Crippen LogP contribution < -0.4 is 10.5 Å². The van der Waals surface area contributed by atoms with E-state index in [2.05, 4.69) is 9.72 Å². The van der Waals surface area contributed by atoms with Gasteiger partial charge in [-0.25, -0.2) is 8.78 Å². The predicted octanol–water partition coefficient (Wildman–Crippen LogP) is 1.33. The van der Waals surface area contributed by atoms with Crippen molar-refractivity contribution in [3.8, 4) is 5.75 Å². The molecule has 0 saturated heterocycles. The van der Waals surface area contributed by atoms with Crippen molar-refractivity contribution < 1.29 is 23.0 Å². The number of nitrogens with two attached hydrogens (primary N) is 1. The molecule has 0 radical (unpaired) electrons. The molecule has 0 aliphatic carbocycles. The summed E-state index contributed by atoms with van der Waals surface area (Å²) in [7, 11) is 2.49. The van der Waals surface area contributed by atoms with Crippen LogP contribution in [0.3, 0.4) is 0 Å². The minimum Gasteiger partial charge on any atom is -0.493 e. The molecular formula is C10H12F2N2O3. The van der Waals surface area contributed by atoms with Gasteiger partial charge in [0.05, 0.1) is 32.5 Å². The molecule has 0 saturated carbocycles. The Bertz CT molecular complexity index is 424. The van der Waals surface area contributed by atoms with Crippen molar-refractivity contribution in [3.63, 3.8) is 0 Å². The highest BCUT2D eigenvalue weighted by molar-refractivity contribution is 5.76. The number of halogens is 2. The minimum atomic E-state index is -2.82. The number of pyridine rings is 1. The van der Waals surface area contributed by atoms with Gasteiger partial charge in [-0.15, -0.1) is 0 Å². The van der Waals surface area contributed by atoms with Gasteiger partial charge in [-0.2, -0.15) is 0 Å². The molecule has 2 N–H and O–H groups in total. The second-order valence-electron chi connectivity index (χ2n) is 3.16. The standard InChI is InChI=1S/C10H12F2N2O3/c1-16-6-4-14-9(10(11)12)5(8(6)13)3-7(15)17-2/h4,10H,3H2,1-2H3,(H2,13,14). The van der Waals surface area contributed by atoms with Crippen LogP contribution in [0.4, 0.5) is 14.5 Å². The molecule has 1 aromatic heterocycles. The van der Waals surface area contributed by atoms with Gasteiger partial charge in [0.2, 0.25) is 0 Å². The summed E-state index contributed by atoms with van der Waals surface area (Å²) in [6.07, 6.45) is -2.09. The zero-order valence-electron chi connectivity index (χ0n) is 9.37. The molecule has 0 amide bonds. The number of rotatable bonds is 4. The maximum atomic E-state index is 12.7. The van der Waals surface area contributed by atoms with E-state index in [0.29, 0.717) is 0 Å². The summed E-state index contributed by atoms with van der Waals surface area (Å²) in [6, 6.07) is 0. The first-order valence-corrected chi connectivity index (χ1v) is 4.67. The second kappa shape index (κ2) is 5.42. The fourth-order valence-corrected chi connectivity index (χ4v) is 1.32. The lowest BCUT2D eigenvalue weighted by Gasteiger charge is -2.13. The van der Waals surface area contributed by atoms with Gasteiger partial charge >= 0.3 is 5.97 Å². The first kappa shape index (κ1) is 13.1. The Morgan fingerprint density at radius 3 is 2.65 bits per heavy atom. The van der Waals surface area contributed by atoms with Crippen LogP contribution in [0.1, 0.15) is 17.7 Å². The van der Waals surface area contributed by atoms with Crippen LogP contribution in [0.5, 0.6) is 5.75 Å². The number of alkyl halides is 2. The monoisotopic (exact) mass is 246 g/mol. The molecule has 0 unspecified atom stereocenters. The number of esters is 1. The van der Waals surface area contributed by atoms with E-state index in [1.54, 1.807) is 0 Å². The smallest absolute Gasteiger partial charge is 0.310 e. The molecule has 94 valence electrons. The number of aromatic nitrogens is 1. The number of anilines is 1. The number of ether oxygens (including phenoxy) is 2. The lowest BCUT2D eigenvalue weighted by molar-refractivity contribution is -0.139. The van der Waals surface area contributed by atoms with Gasteiger partial charge in [0.25, 0.3) is 6.43 Å². The highest BCUT2D eigenvalue weighted by Gasteiger charge is 2.22. The van der Waals surface area contributed by atoms with Crippen molar-refractivity contribution in [3.05, 3.63) is 17.5 Å². The Morgan fingerprint density at radius 2 is 2.18 bits per heavy atom. The lowest BCUT2D eigenvalue weighted by atomic mass is 10.1. The van der Waals surface area contributed by atoms with Gasteiger partial charge in [-0.1, -0.05) is 0 Å². The van der Waals surface area contributed by atoms with Crippen LogP contribution >= 0.6 is 0 Å². The summed E-state index contributed by atoms with van der Waals surface area (Å²) in [5, 5.41) is 0. The predicted molar refractivity (Wildman–Crippen MR) is 55.9 cm³/mol. The molecule has 5 nitrogen and oxygen atoms in total. The minimum absolute atomic E-state index is 0.0248. The molecule has 7 heteroatoms. The Morgan fingerprint density at radius 1 is 1.53 bits per heavy atom. The number of hydrogen-bond acceptors (Lipinski definition) is 5. The number of methoxy groups -OCH3 is 2. The summed E-state index contributed by atoms with van der Waals surface area (Å²) in [5.41, 5.74) is 5.01. The van der Waals surface area contributed by atoms with Crippen LogP contribution in [-0.4, -0.2) is 25.2 Å². The highest BCUT2D eigenvalue weighted by Crippen LogP contribution is 2.31. The van der Waals surface area contributed by atoms with E-state index in [9.17, 15) is 13.6 Å². The van der Waals surface area contributed by atoms with E-state index in [4.69, 9.17) is 10.5 Å². The Kier molecular flexibility index (Phi) is 4.19. The number of nitrogens with zero attached hydrogens (tertiary/aromatic N) is 1.